The van der Waals surface area contributed by atoms with Gasteiger partial charge in [0, 0.05) is 32.7 Å². The summed E-state index contributed by atoms with van der Waals surface area (Å²) in [5.41, 5.74) is 3.73. The third kappa shape index (κ3) is 6.32. The van der Waals surface area contributed by atoms with Crippen molar-refractivity contribution in [2.24, 2.45) is 0 Å². The molecule has 4 rings (SSSR count). The van der Waals surface area contributed by atoms with Crippen molar-refractivity contribution in [3.05, 3.63) is 65.2 Å². The predicted octanol–water partition coefficient (Wildman–Crippen LogP) is 4.75. The minimum Gasteiger partial charge on any atom is -0.496 e. The van der Waals surface area contributed by atoms with Gasteiger partial charge in [0.25, 0.3) is 0 Å². The Morgan fingerprint density at radius 2 is 1.84 bits per heavy atom. The fourth-order valence-electron chi connectivity index (χ4n) is 4.93. The molecular formula is C27H37NO4. The average molecular weight is 440 g/mol. The van der Waals surface area contributed by atoms with Crippen molar-refractivity contribution in [1.29, 1.82) is 0 Å². The molecule has 2 aliphatic heterocycles. The quantitative estimate of drug-likeness (QED) is 0.527. The summed E-state index contributed by atoms with van der Waals surface area (Å²) < 4.78 is 23.6. The smallest absolute Gasteiger partial charge is 0.121 e. The Morgan fingerprint density at radius 1 is 1.03 bits per heavy atom. The average Bonchev–Trinajstić information content (AvgIpc) is 2.82. The molecular weight excluding hydrogens is 402 g/mol. The zero-order valence-electron chi connectivity index (χ0n) is 19.6. The first kappa shape index (κ1) is 23.2. The van der Waals surface area contributed by atoms with Gasteiger partial charge in [0.2, 0.25) is 0 Å². The van der Waals surface area contributed by atoms with Gasteiger partial charge >= 0.3 is 0 Å². The van der Waals surface area contributed by atoms with Crippen LogP contribution in [0.1, 0.15) is 42.4 Å². The second-order valence-corrected chi connectivity index (χ2v) is 9.14. The molecule has 0 aromatic heterocycles. The number of piperidine rings is 1. The Labute approximate surface area is 192 Å². The highest BCUT2D eigenvalue weighted by molar-refractivity contribution is 5.36. The monoisotopic (exact) mass is 439 g/mol. The number of rotatable bonds is 9. The molecule has 0 saturated carbocycles. The van der Waals surface area contributed by atoms with E-state index in [4.69, 9.17) is 18.9 Å². The van der Waals surface area contributed by atoms with Gasteiger partial charge in [-0.1, -0.05) is 42.5 Å². The molecule has 0 aliphatic carbocycles. The van der Waals surface area contributed by atoms with Crippen LogP contribution in [0, 0.1) is 6.92 Å². The van der Waals surface area contributed by atoms with Crippen molar-refractivity contribution in [3.63, 3.8) is 0 Å². The highest BCUT2D eigenvalue weighted by Gasteiger charge is 2.40. The van der Waals surface area contributed by atoms with Crippen LogP contribution < -0.4 is 4.74 Å². The number of benzene rings is 2. The predicted molar refractivity (Wildman–Crippen MR) is 126 cm³/mol. The number of hydrogen-bond acceptors (Lipinski definition) is 5. The van der Waals surface area contributed by atoms with Crippen LogP contribution in [-0.4, -0.2) is 56.6 Å². The SMILES string of the molecule is COc1ccc(CN2CCC3(CC2)CC(OCCOCc2ccccc2)CCO3)cc1C. The van der Waals surface area contributed by atoms with Crippen LogP contribution in [0.25, 0.3) is 0 Å². The number of hydrogen-bond donors (Lipinski definition) is 0. The molecule has 0 bridgehead atoms. The topological polar surface area (TPSA) is 40.2 Å². The van der Waals surface area contributed by atoms with Crippen LogP contribution in [0.5, 0.6) is 5.75 Å². The summed E-state index contributed by atoms with van der Waals surface area (Å²) in [6.07, 6.45) is 4.41. The lowest BCUT2D eigenvalue weighted by molar-refractivity contribution is -0.158. The van der Waals surface area contributed by atoms with E-state index < -0.39 is 0 Å². The van der Waals surface area contributed by atoms with Crippen molar-refractivity contribution in [3.8, 4) is 5.75 Å². The van der Waals surface area contributed by atoms with E-state index in [0.29, 0.717) is 19.8 Å². The Bertz CT molecular complexity index is 833. The summed E-state index contributed by atoms with van der Waals surface area (Å²) in [5.74, 6) is 0.957. The molecule has 0 N–H and O–H groups in total. The third-order valence-electron chi connectivity index (χ3n) is 6.77. The van der Waals surface area contributed by atoms with Gasteiger partial charge in [-0.15, -0.1) is 0 Å². The molecule has 2 aliphatic rings. The molecule has 2 aromatic rings. The zero-order valence-corrected chi connectivity index (χ0v) is 19.6. The molecule has 0 radical (unpaired) electrons. The number of nitrogens with zero attached hydrogens (tertiary/aromatic N) is 1. The largest absolute Gasteiger partial charge is 0.496 e. The van der Waals surface area contributed by atoms with Crippen molar-refractivity contribution >= 4 is 0 Å². The third-order valence-corrected chi connectivity index (χ3v) is 6.77. The van der Waals surface area contributed by atoms with Crippen molar-refractivity contribution in [1.82, 2.24) is 4.90 Å². The first-order valence-electron chi connectivity index (χ1n) is 11.9. The summed E-state index contributed by atoms with van der Waals surface area (Å²) in [7, 11) is 1.73. The van der Waals surface area contributed by atoms with Crippen LogP contribution in [0.3, 0.4) is 0 Å². The fourth-order valence-corrected chi connectivity index (χ4v) is 4.93. The van der Waals surface area contributed by atoms with Gasteiger partial charge in [0.1, 0.15) is 5.75 Å². The van der Waals surface area contributed by atoms with Gasteiger partial charge < -0.3 is 18.9 Å². The Kier molecular flexibility index (Phi) is 8.20. The van der Waals surface area contributed by atoms with E-state index in [9.17, 15) is 0 Å². The molecule has 1 unspecified atom stereocenters. The highest BCUT2D eigenvalue weighted by Crippen LogP contribution is 2.36. The lowest BCUT2D eigenvalue weighted by atomic mass is 9.83. The molecule has 5 nitrogen and oxygen atoms in total. The van der Waals surface area contributed by atoms with E-state index in [-0.39, 0.29) is 11.7 Å². The Hall–Kier alpha value is -1.92. The van der Waals surface area contributed by atoms with Gasteiger partial charge in [0.05, 0.1) is 38.6 Å². The van der Waals surface area contributed by atoms with E-state index in [2.05, 4.69) is 42.2 Å². The van der Waals surface area contributed by atoms with E-state index >= 15 is 0 Å². The second kappa shape index (κ2) is 11.3. The van der Waals surface area contributed by atoms with Crippen LogP contribution in [-0.2, 0) is 27.4 Å². The lowest BCUT2D eigenvalue weighted by Gasteiger charge is -2.46. The normalized spacial score (nSPS) is 21.0. The van der Waals surface area contributed by atoms with Gasteiger partial charge in [-0.25, -0.2) is 0 Å². The fraction of sp³-hybridized carbons (Fsp3) is 0.556. The minimum atomic E-state index is -0.0138. The van der Waals surface area contributed by atoms with Crippen LogP contribution in [0.15, 0.2) is 48.5 Å². The van der Waals surface area contributed by atoms with Gasteiger partial charge in [-0.05, 0) is 48.9 Å². The number of ether oxygens (including phenoxy) is 4. The molecule has 2 fully saturated rings. The van der Waals surface area contributed by atoms with Gasteiger partial charge in [-0.2, -0.15) is 0 Å². The standard InChI is InChI=1S/C27H37NO4/c1-22-18-24(8-9-26(22)29-2)20-28-13-11-27(12-14-28)19-25(10-15-32-27)31-17-16-30-21-23-6-4-3-5-7-23/h3-9,18,25H,10-17,19-21H2,1-2H3. The molecule has 2 heterocycles. The molecule has 2 aromatic carbocycles. The minimum absolute atomic E-state index is 0.0138. The summed E-state index contributed by atoms with van der Waals surface area (Å²) >= 11 is 0. The summed E-state index contributed by atoms with van der Waals surface area (Å²) in [6.45, 7) is 7.95. The molecule has 1 atom stereocenters. The molecule has 2 saturated heterocycles. The van der Waals surface area contributed by atoms with Crippen molar-refractivity contribution in [2.75, 3.05) is 40.0 Å². The van der Waals surface area contributed by atoms with E-state index in [0.717, 1.165) is 57.7 Å². The van der Waals surface area contributed by atoms with Crippen molar-refractivity contribution in [2.45, 2.75) is 57.5 Å². The number of likely N-dealkylation sites (tertiary alicyclic amines) is 1. The maximum Gasteiger partial charge on any atom is 0.121 e. The first-order chi connectivity index (χ1) is 15.7. The van der Waals surface area contributed by atoms with E-state index in [1.807, 2.05) is 18.2 Å². The molecule has 1 spiro atoms. The van der Waals surface area contributed by atoms with E-state index in [1.165, 1.54) is 16.7 Å². The summed E-state index contributed by atoms with van der Waals surface area (Å²) in [5, 5.41) is 0. The van der Waals surface area contributed by atoms with E-state index in [1.54, 1.807) is 7.11 Å². The maximum atomic E-state index is 6.32. The zero-order chi connectivity index (χ0) is 22.2. The summed E-state index contributed by atoms with van der Waals surface area (Å²) in [4.78, 5) is 2.54. The molecule has 174 valence electrons. The van der Waals surface area contributed by atoms with Gasteiger partial charge in [0.15, 0.2) is 0 Å². The molecule has 0 amide bonds. The highest BCUT2D eigenvalue weighted by atomic mass is 16.5. The number of aryl methyl sites for hydroxylation is 1. The Morgan fingerprint density at radius 3 is 2.59 bits per heavy atom. The van der Waals surface area contributed by atoms with Crippen LogP contribution in [0.2, 0.25) is 0 Å². The Balaban J connectivity index is 1.17. The lowest BCUT2D eigenvalue weighted by Crippen LogP contribution is -2.50. The maximum absolute atomic E-state index is 6.32. The van der Waals surface area contributed by atoms with Crippen molar-refractivity contribution < 1.29 is 18.9 Å². The van der Waals surface area contributed by atoms with Gasteiger partial charge in [-0.3, -0.25) is 4.90 Å². The first-order valence-corrected chi connectivity index (χ1v) is 11.9. The number of methoxy groups -OCH3 is 1. The molecule has 32 heavy (non-hydrogen) atoms. The van der Waals surface area contributed by atoms with Crippen LogP contribution >= 0.6 is 0 Å². The summed E-state index contributed by atoms with van der Waals surface area (Å²) in [6, 6.07) is 16.8. The second-order valence-electron chi connectivity index (χ2n) is 9.14. The van der Waals surface area contributed by atoms with Crippen LogP contribution in [0.4, 0.5) is 0 Å². The molecule has 5 heteroatoms.